The third kappa shape index (κ3) is 4.26. The summed E-state index contributed by atoms with van der Waals surface area (Å²) < 4.78 is 7.35. The molecule has 1 aromatic heterocycles. The molecule has 104 valence electrons. The number of aryl methyl sites for hydroxylation is 1. The minimum atomic E-state index is 0. The maximum atomic E-state index is 5.48. The summed E-state index contributed by atoms with van der Waals surface area (Å²) in [6.07, 6.45) is 4.88. The lowest BCUT2D eigenvalue weighted by molar-refractivity contribution is 0.340. The van der Waals surface area contributed by atoms with Gasteiger partial charge in [0.25, 0.3) is 0 Å². The van der Waals surface area contributed by atoms with Crippen molar-refractivity contribution in [1.82, 2.24) is 9.78 Å². The van der Waals surface area contributed by atoms with E-state index in [4.69, 9.17) is 10.5 Å². The average Bonchev–Trinajstić information content (AvgIpc) is 2.86. The summed E-state index contributed by atoms with van der Waals surface area (Å²) in [5, 5.41) is 4.32. The molecule has 0 amide bonds. The smallest absolute Gasteiger partial charge is 0.119 e. The predicted octanol–water partition coefficient (Wildman–Crippen LogP) is 2.72. The standard InChI is InChI=1S/C14H19N3O.ClH/c1-2-18-14-6-4-12(5-7-14)13-10-16-17(11-13)9-3-8-15;/h4-7,10-11H,2-3,8-9,15H2,1H3;1H. The Morgan fingerprint density at radius 1 is 1.21 bits per heavy atom. The van der Waals surface area contributed by atoms with Crippen LogP contribution in [0.1, 0.15) is 13.3 Å². The van der Waals surface area contributed by atoms with Crippen molar-refractivity contribution >= 4 is 12.4 Å². The van der Waals surface area contributed by atoms with Crippen molar-refractivity contribution < 1.29 is 4.74 Å². The Balaban J connectivity index is 0.00000180. The minimum absolute atomic E-state index is 0. The highest BCUT2D eigenvalue weighted by Gasteiger charge is 2.02. The number of ether oxygens (including phenoxy) is 1. The van der Waals surface area contributed by atoms with Crippen molar-refractivity contribution in [2.75, 3.05) is 13.2 Å². The summed E-state index contributed by atoms with van der Waals surface area (Å²) in [5.74, 6) is 0.900. The first-order chi connectivity index (χ1) is 8.83. The molecule has 2 rings (SSSR count). The molecule has 0 aliphatic carbocycles. The van der Waals surface area contributed by atoms with Gasteiger partial charge in [-0.1, -0.05) is 12.1 Å². The molecule has 2 aromatic rings. The third-order valence-corrected chi connectivity index (χ3v) is 2.72. The van der Waals surface area contributed by atoms with E-state index in [1.54, 1.807) is 0 Å². The summed E-state index contributed by atoms with van der Waals surface area (Å²) in [6, 6.07) is 8.07. The van der Waals surface area contributed by atoms with Gasteiger partial charge < -0.3 is 10.5 Å². The molecule has 0 saturated carbocycles. The van der Waals surface area contributed by atoms with Gasteiger partial charge in [0.2, 0.25) is 0 Å². The van der Waals surface area contributed by atoms with E-state index < -0.39 is 0 Å². The minimum Gasteiger partial charge on any atom is -0.494 e. The van der Waals surface area contributed by atoms with Crippen molar-refractivity contribution in [2.45, 2.75) is 19.9 Å². The molecule has 0 aliphatic rings. The van der Waals surface area contributed by atoms with Gasteiger partial charge in [-0.2, -0.15) is 5.10 Å². The van der Waals surface area contributed by atoms with Crippen molar-refractivity contribution in [2.24, 2.45) is 5.73 Å². The van der Waals surface area contributed by atoms with Crippen LogP contribution in [-0.4, -0.2) is 22.9 Å². The summed E-state index contributed by atoms with van der Waals surface area (Å²) >= 11 is 0. The molecule has 0 fully saturated rings. The number of hydrogen-bond acceptors (Lipinski definition) is 3. The maximum Gasteiger partial charge on any atom is 0.119 e. The van der Waals surface area contributed by atoms with E-state index in [0.29, 0.717) is 13.2 Å². The molecule has 5 heteroatoms. The van der Waals surface area contributed by atoms with E-state index in [-0.39, 0.29) is 12.4 Å². The Morgan fingerprint density at radius 3 is 2.58 bits per heavy atom. The van der Waals surface area contributed by atoms with Gasteiger partial charge in [-0.05, 0) is 37.6 Å². The Kier molecular flexibility index (Phi) is 6.39. The van der Waals surface area contributed by atoms with Crippen LogP contribution in [0.4, 0.5) is 0 Å². The van der Waals surface area contributed by atoms with Gasteiger partial charge in [0.1, 0.15) is 5.75 Å². The van der Waals surface area contributed by atoms with Crippen molar-refractivity contribution in [1.29, 1.82) is 0 Å². The highest BCUT2D eigenvalue weighted by molar-refractivity contribution is 5.85. The van der Waals surface area contributed by atoms with Crippen LogP contribution in [0.2, 0.25) is 0 Å². The van der Waals surface area contributed by atoms with Crippen molar-refractivity contribution in [3.63, 3.8) is 0 Å². The fourth-order valence-corrected chi connectivity index (χ4v) is 1.80. The first kappa shape index (κ1) is 15.5. The maximum absolute atomic E-state index is 5.48. The van der Waals surface area contributed by atoms with Crippen LogP contribution in [0.5, 0.6) is 5.75 Å². The average molecular weight is 282 g/mol. The second kappa shape index (κ2) is 7.81. The number of rotatable bonds is 6. The molecule has 0 saturated heterocycles. The van der Waals surface area contributed by atoms with Crippen LogP contribution in [0.15, 0.2) is 36.7 Å². The van der Waals surface area contributed by atoms with Gasteiger partial charge in [-0.15, -0.1) is 12.4 Å². The van der Waals surface area contributed by atoms with Crippen LogP contribution in [0.3, 0.4) is 0 Å². The van der Waals surface area contributed by atoms with Crippen LogP contribution >= 0.6 is 12.4 Å². The van der Waals surface area contributed by atoms with Crippen LogP contribution < -0.4 is 10.5 Å². The molecule has 0 aliphatic heterocycles. The monoisotopic (exact) mass is 281 g/mol. The number of aromatic nitrogens is 2. The first-order valence-corrected chi connectivity index (χ1v) is 6.29. The number of nitrogens with two attached hydrogens (primary N) is 1. The third-order valence-electron chi connectivity index (χ3n) is 2.72. The quantitative estimate of drug-likeness (QED) is 0.886. The number of halogens is 1. The highest BCUT2D eigenvalue weighted by Crippen LogP contribution is 2.21. The topological polar surface area (TPSA) is 53.1 Å². The zero-order valence-electron chi connectivity index (χ0n) is 11.1. The van der Waals surface area contributed by atoms with E-state index in [2.05, 4.69) is 17.2 Å². The van der Waals surface area contributed by atoms with Gasteiger partial charge in [-0.25, -0.2) is 0 Å². The fourth-order valence-electron chi connectivity index (χ4n) is 1.80. The molecule has 19 heavy (non-hydrogen) atoms. The molecule has 2 N–H and O–H groups in total. The second-order valence-corrected chi connectivity index (χ2v) is 4.09. The molecule has 0 atom stereocenters. The summed E-state index contributed by atoms with van der Waals surface area (Å²) in [7, 11) is 0. The van der Waals surface area contributed by atoms with Crippen LogP contribution in [0, 0.1) is 0 Å². The van der Waals surface area contributed by atoms with Crippen molar-refractivity contribution in [3.05, 3.63) is 36.7 Å². The van der Waals surface area contributed by atoms with E-state index in [1.807, 2.05) is 36.1 Å². The summed E-state index contributed by atoms with van der Waals surface area (Å²) in [4.78, 5) is 0. The Bertz CT molecular complexity index is 482. The number of nitrogens with zero attached hydrogens (tertiary/aromatic N) is 2. The van der Waals surface area contributed by atoms with Gasteiger partial charge >= 0.3 is 0 Å². The molecule has 1 heterocycles. The number of hydrogen-bond donors (Lipinski definition) is 1. The molecule has 0 bridgehead atoms. The Morgan fingerprint density at radius 2 is 1.95 bits per heavy atom. The number of benzene rings is 1. The Hall–Kier alpha value is -1.52. The largest absolute Gasteiger partial charge is 0.494 e. The molecule has 0 unspecified atom stereocenters. The van der Waals surface area contributed by atoms with Gasteiger partial charge in [0, 0.05) is 18.3 Å². The fraction of sp³-hybridized carbons (Fsp3) is 0.357. The van der Waals surface area contributed by atoms with Crippen molar-refractivity contribution in [3.8, 4) is 16.9 Å². The summed E-state index contributed by atoms with van der Waals surface area (Å²) in [5.41, 5.74) is 7.76. The Labute approximate surface area is 120 Å². The SMILES string of the molecule is CCOc1ccc(-c2cnn(CCCN)c2)cc1.Cl. The van der Waals surface area contributed by atoms with Crippen LogP contribution in [-0.2, 0) is 6.54 Å². The first-order valence-electron chi connectivity index (χ1n) is 6.29. The molecule has 0 radical (unpaired) electrons. The normalized spacial score (nSPS) is 10.0. The zero-order chi connectivity index (χ0) is 12.8. The van der Waals surface area contributed by atoms with E-state index in [0.717, 1.165) is 29.8 Å². The molecular weight excluding hydrogens is 262 g/mol. The lowest BCUT2D eigenvalue weighted by atomic mass is 10.1. The molecule has 0 spiro atoms. The highest BCUT2D eigenvalue weighted by atomic mass is 35.5. The molecule has 1 aromatic carbocycles. The lowest BCUT2D eigenvalue weighted by Gasteiger charge is -2.03. The molecular formula is C14H20ClN3O. The lowest BCUT2D eigenvalue weighted by Crippen LogP contribution is -2.05. The van der Waals surface area contributed by atoms with Gasteiger partial charge in [0.05, 0.1) is 12.8 Å². The second-order valence-electron chi connectivity index (χ2n) is 4.09. The van der Waals surface area contributed by atoms with E-state index in [9.17, 15) is 0 Å². The summed E-state index contributed by atoms with van der Waals surface area (Å²) in [6.45, 7) is 4.23. The molecule has 4 nitrogen and oxygen atoms in total. The predicted molar refractivity (Wildman–Crippen MR) is 79.8 cm³/mol. The van der Waals surface area contributed by atoms with Gasteiger partial charge in [-0.3, -0.25) is 4.68 Å². The zero-order valence-corrected chi connectivity index (χ0v) is 11.9. The van der Waals surface area contributed by atoms with Crippen LogP contribution in [0.25, 0.3) is 11.1 Å². The van der Waals surface area contributed by atoms with E-state index in [1.165, 1.54) is 0 Å². The van der Waals surface area contributed by atoms with E-state index >= 15 is 0 Å². The van der Waals surface area contributed by atoms with Gasteiger partial charge in [0.15, 0.2) is 0 Å².